The van der Waals surface area contributed by atoms with Crippen molar-refractivity contribution in [3.63, 3.8) is 0 Å². The van der Waals surface area contributed by atoms with E-state index >= 15 is 0 Å². The molecule has 1 amide bonds. The largest absolute Gasteiger partial charge is 0.341 e. The van der Waals surface area contributed by atoms with Crippen LogP contribution < -0.4 is 5.73 Å². The van der Waals surface area contributed by atoms with Crippen LogP contribution in [0, 0.1) is 11.8 Å². The molecule has 0 atom stereocenters. The highest BCUT2D eigenvalue weighted by atomic mass is 32.1. The molecule has 0 aliphatic heterocycles. The van der Waals surface area contributed by atoms with Gasteiger partial charge in [-0.25, -0.2) is 0 Å². The zero-order valence-corrected chi connectivity index (χ0v) is 9.73. The Balaban J connectivity index is 2.64. The molecule has 1 aromatic heterocycles. The van der Waals surface area contributed by atoms with Crippen molar-refractivity contribution in [3.05, 3.63) is 21.9 Å². The first-order valence-electron chi connectivity index (χ1n) is 4.61. The molecule has 0 fully saturated rings. The summed E-state index contributed by atoms with van der Waals surface area (Å²) >= 11 is 1.61. The maximum Gasteiger partial charge on any atom is 0.219 e. The number of hydrogen-bond donors (Lipinski definition) is 1. The second-order valence-electron chi connectivity index (χ2n) is 3.18. The fraction of sp³-hybridized carbons (Fsp3) is 0.364. The van der Waals surface area contributed by atoms with Crippen molar-refractivity contribution in [1.82, 2.24) is 4.90 Å². The third-order valence-corrected chi connectivity index (χ3v) is 2.84. The van der Waals surface area contributed by atoms with E-state index in [2.05, 4.69) is 11.8 Å². The van der Waals surface area contributed by atoms with Gasteiger partial charge in [0.05, 0.1) is 13.1 Å². The van der Waals surface area contributed by atoms with Gasteiger partial charge < -0.3 is 10.6 Å². The monoisotopic (exact) mass is 222 g/mol. The molecule has 0 aliphatic rings. The molecule has 0 saturated carbocycles. The van der Waals surface area contributed by atoms with E-state index in [0.717, 1.165) is 10.4 Å². The Morgan fingerprint density at radius 2 is 2.40 bits per heavy atom. The Kier molecular flexibility index (Phi) is 4.35. The average molecular weight is 222 g/mol. The lowest BCUT2D eigenvalue weighted by Gasteiger charge is -2.12. The average Bonchev–Trinajstić information content (AvgIpc) is 2.62. The lowest BCUT2D eigenvalue weighted by molar-refractivity contribution is -0.128. The Morgan fingerprint density at radius 1 is 1.67 bits per heavy atom. The standard InChI is InChI=1S/C11H14N2OS/c1-9(14)13(2)7-11-6-10(8-15-11)4-3-5-12/h6,8H,5,7,12H2,1-2H3. The van der Waals surface area contributed by atoms with Gasteiger partial charge in [0.1, 0.15) is 0 Å². The van der Waals surface area contributed by atoms with Crippen molar-refractivity contribution >= 4 is 17.2 Å². The van der Waals surface area contributed by atoms with Crippen molar-refractivity contribution in [2.45, 2.75) is 13.5 Å². The summed E-state index contributed by atoms with van der Waals surface area (Å²) in [5, 5.41) is 1.98. The van der Waals surface area contributed by atoms with Crippen LogP contribution in [-0.4, -0.2) is 24.4 Å². The molecule has 2 N–H and O–H groups in total. The molecule has 0 aliphatic carbocycles. The molecule has 15 heavy (non-hydrogen) atoms. The van der Waals surface area contributed by atoms with Gasteiger partial charge in [-0.15, -0.1) is 11.3 Å². The fourth-order valence-electron chi connectivity index (χ4n) is 1.03. The first-order chi connectivity index (χ1) is 7.13. The van der Waals surface area contributed by atoms with Crippen molar-refractivity contribution in [2.24, 2.45) is 5.73 Å². The predicted octanol–water partition coefficient (Wildman–Crippen LogP) is 1.04. The van der Waals surface area contributed by atoms with E-state index in [4.69, 9.17) is 5.73 Å². The van der Waals surface area contributed by atoms with Crippen LogP contribution in [0.4, 0.5) is 0 Å². The van der Waals surface area contributed by atoms with Gasteiger partial charge in [-0.2, -0.15) is 0 Å². The summed E-state index contributed by atoms with van der Waals surface area (Å²) in [6.45, 7) is 2.57. The molecule has 0 saturated heterocycles. The number of nitrogens with zero attached hydrogens (tertiary/aromatic N) is 1. The van der Waals surface area contributed by atoms with Gasteiger partial charge in [-0.3, -0.25) is 4.79 Å². The highest BCUT2D eigenvalue weighted by molar-refractivity contribution is 7.10. The van der Waals surface area contributed by atoms with E-state index in [1.165, 1.54) is 0 Å². The van der Waals surface area contributed by atoms with Gasteiger partial charge in [-0.05, 0) is 6.07 Å². The van der Waals surface area contributed by atoms with Crippen LogP contribution in [0.5, 0.6) is 0 Å². The molecule has 1 heterocycles. The third-order valence-electron chi connectivity index (χ3n) is 1.92. The molecule has 1 rings (SSSR count). The normalized spacial score (nSPS) is 9.27. The first kappa shape index (κ1) is 11.8. The molecule has 0 unspecified atom stereocenters. The molecule has 0 aromatic carbocycles. The lowest BCUT2D eigenvalue weighted by atomic mass is 10.3. The zero-order valence-electron chi connectivity index (χ0n) is 8.91. The van der Waals surface area contributed by atoms with E-state index in [9.17, 15) is 4.79 Å². The minimum atomic E-state index is 0.0676. The number of amides is 1. The molecule has 1 aromatic rings. The Hall–Kier alpha value is -1.31. The van der Waals surface area contributed by atoms with Crippen LogP contribution in [0.2, 0.25) is 0 Å². The summed E-state index contributed by atoms with van der Waals surface area (Å²) in [7, 11) is 1.79. The highest BCUT2D eigenvalue weighted by Gasteiger charge is 2.04. The van der Waals surface area contributed by atoms with Crippen molar-refractivity contribution in [2.75, 3.05) is 13.6 Å². The molecule has 3 nitrogen and oxygen atoms in total. The quantitative estimate of drug-likeness (QED) is 0.760. The number of thiophene rings is 1. The van der Waals surface area contributed by atoms with Gasteiger partial charge in [0.2, 0.25) is 5.91 Å². The van der Waals surface area contributed by atoms with E-state index in [1.54, 1.807) is 30.2 Å². The Bertz CT molecular complexity index is 400. The SMILES string of the molecule is CC(=O)N(C)Cc1cc(C#CCN)cs1. The maximum atomic E-state index is 11.0. The molecule has 0 spiro atoms. The summed E-state index contributed by atoms with van der Waals surface area (Å²) in [6.07, 6.45) is 0. The van der Waals surface area contributed by atoms with Gasteiger partial charge in [0.25, 0.3) is 0 Å². The molecule has 0 radical (unpaired) electrons. The molecule has 4 heteroatoms. The van der Waals surface area contributed by atoms with Crippen LogP contribution in [0.25, 0.3) is 0 Å². The smallest absolute Gasteiger partial charge is 0.219 e. The number of nitrogens with two attached hydrogens (primary N) is 1. The highest BCUT2D eigenvalue weighted by Crippen LogP contribution is 2.15. The Labute approximate surface area is 93.9 Å². The fourth-order valence-corrected chi connectivity index (χ4v) is 1.90. The van der Waals surface area contributed by atoms with Crippen LogP contribution >= 0.6 is 11.3 Å². The summed E-state index contributed by atoms with van der Waals surface area (Å²) in [5.41, 5.74) is 6.25. The molecule has 0 bridgehead atoms. The van der Waals surface area contributed by atoms with Gasteiger partial charge in [0, 0.05) is 29.8 Å². The van der Waals surface area contributed by atoms with Gasteiger partial charge >= 0.3 is 0 Å². The summed E-state index contributed by atoms with van der Waals surface area (Å²) in [4.78, 5) is 13.8. The topological polar surface area (TPSA) is 46.3 Å². The van der Waals surface area contributed by atoms with Crippen LogP contribution in [0.15, 0.2) is 11.4 Å². The predicted molar refractivity (Wildman–Crippen MR) is 62.4 cm³/mol. The van der Waals surface area contributed by atoms with Crippen LogP contribution in [-0.2, 0) is 11.3 Å². The summed E-state index contributed by atoms with van der Waals surface area (Å²) in [6, 6.07) is 1.99. The van der Waals surface area contributed by atoms with E-state index in [-0.39, 0.29) is 5.91 Å². The van der Waals surface area contributed by atoms with Crippen molar-refractivity contribution in [1.29, 1.82) is 0 Å². The Morgan fingerprint density at radius 3 is 3.00 bits per heavy atom. The van der Waals surface area contributed by atoms with E-state index < -0.39 is 0 Å². The third kappa shape index (κ3) is 3.74. The minimum absolute atomic E-state index is 0.0676. The van der Waals surface area contributed by atoms with Crippen molar-refractivity contribution in [3.8, 4) is 11.8 Å². The second kappa shape index (κ2) is 5.54. The number of carbonyl (C=O) groups is 1. The number of carbonyl (C=O) groups excluding carboxylic acids is 1. The van der Waals surface area contributed by atoms with Crippen molar-refractivity contribution < 1.29 is 4.79 Å². The summed E-state index contributed by atoms with van der Waals surface area (Å²) in [5.74, 6) is 5.82. The van der Waals surface area contributed by atoms with E-state index in [1.807, 2.05) is 11.4 Å². The van der Waals surface area contributed by atoms with Crippen LogP contribution in [0.1, 0.15) is 17.4 Å². The van der Waals surface area contributed by atoms with Crippen LogP contribution in [0.3, 0.4) is 0 Å². The molecular formula is C11H14N2OS. The second-order valence-corrected chi connectivity index (χ2v) is 4.18. The van der Waals surface area contributed by atoms with E-state index in [0.29, 0.717) is 13.1 Å². The molecule has 80 valence electrons. The van der Waals surface area contributed by atoms with Gasteiger partial charge in [0.15, 0.2) is 0 Å². The van der Waals surface area contributed by atoms with Gasteiger partial charge in [-0.1, -0.05) is 11.8 Å². The lowest BCUT2D eigenvalue weighted by Crippen LogP contribution is -2.22. The minimum Gasteiger partial charge on any atom is -0.341 e. The zero-order chi connectivity index (χ0) is 11.3. The molecular weight excluding hydrogens is 208 g/mol. The number of hydrogen-bond acceptors (Lipinski definition) is 3. The summed E-state index contributed by atoms with van der Waals surface area (Å²) < 4.78 is 0. The number of rotatable bonds is 2. The first-order valence-corrected chi connectivity index (χ1v) is 5.49. The maximum absolute atomic E-state index is 11.0.